The lowest BCUT2D eigenvalue weighted by atomic mass is 9.84. The summed E-state index contributed by atoms with van der Waals surface area (Å²) in [6.07, 6.45) is 0.801. The van der Waals surface area contributed by atoms with E-state index in [-0.39, 0.29) is 24.5 Å². The third-order valence-electron chi connectivity index (χ3n) is 6.90. The van der Waals surface area contributed by atoms with E-state index in [1.54, 1.807) is 0 Å². The minimum Gasteiger partial charge on any atom is -0.469 e. The van der Waals surface area contributed by atoms with Crippen molar-refractivity contribution in [1.82, 2.24) is 5.32 Å². The van der Waals surface area contributed by atoms with E-state index >= 15 is 0 Å². The number of benzene rings is 1. The predicted octanol–water partition coefficient (Wildman–Crippen LogP) is 2.21. The largest absolute Gasteiger partial charge is 0.469 e. The minimum atomic E-state index is -0.431. The molecule has 5 heteroatoms. The number of nitrogens with one attached hydrogen (secondary N) is 1. The second-order valence-corrected chi connectivity index (χ2v) is 7.65. The summed E-state index contributed by atoms with van der Waals surface area (Å²) in [5.74, 6) is 3.31. The van der Waals surface area contributed by atoms with Crippen LogP contribution < -0.4 is 5.32 Å². The Morgan fingerprint density at radius 1 is 1.08 bits per heavy atom. The van der Waals surface area contributed by atoms with Crippen LogP contribution in [0.25, 0.3) is 0 Å². The van der Waals surface area contributed by atoms with Gasteiger partial charge in [0.1, 0.15) is 6.61 Å². The molecule has 0 saturated heterocycles. The van der Waals surface area contributed by atoms with Gasteiger partial charge >= 0.3 is 12.1 Å². The Labute approximate surface area is 140 Å². The highest BCUT2D eigenvalue weighted by Gasteiger charge is 2.81. The maximum Gasteiger partial charge on any atom is 0.407 e. The van der Waals surface area contributed by atoms with Gasteiger partial charge in [0, 0.05) is 6.04 Å². The van der Waals surface area contributed by atoms with Crippen LogP contribution >= 0.6 is 0 Å². The number of esters is 1. The van der Waals surface area contributed by atoms with Crippen LogP contribution in [0.4, 0.5) is 4.79 Å². The van der Waals surface area contributed by atoms with Gasteiger partial charge in [0.05, 0.1) is 13.0 Å². The van der Waals surface area contributed by atoms with E-state index in [0.717, 1.165) is 17.4 Å². The molecule has 8 unspecified atom stereocenters. The van der Waals surface area contributed by atoms with E-state index in [4.69, 9.17) is 9.47 Å². The Morgan fingerprint density at radius 3 is 2.50 bits per heavy atom. The molecular weight excluding hydrogens is 306 g/mol. The van der Waals surface area contributed by atoms with Gasteiger partial charge in [-0.3, -0.25) is 4.79 Å². The first-order valence-corrected chi connectivity index (χ1v) is 8.75. The van der Waals surface area contributed by atoms with Crippen LogP contribution in [-0.2, 0) is 20.9 Å². The molecule has 1 amide bonds. The zero-order valence-electron chi connectivity index (χ0n) is 13.6. The molecule has 1 aromatic carbocycles. The monoisotopic (exact) mass is 327 g/mol. The van der Waals surface area contributed by atoms with Crippen molar-refractivity contribution < 1.29 is 19.1 Å². The molecule has 126 valence electrons. The van der Waals surface area contributed by atoms with E-state index in [0.29, 0.717) is 23.7 Å². The van der Waals surface area contributed by atoms with E-state index < -0.39 is 6.09 Å². The average Bonchev–Trinajstić information content (AvgIpc) is 2.95. The molecule has 5 aliphatic carbocycles. The van der Waals surface area contributed by atoms with Crippen molar-refractivity contribution in [3.63, 3.8) is 0 Å². The van der Waals surface area contributed by atoms with Gasteiger partial charge in [-0.05, 0) is 47.5 Å². The molecule has 1 N–H and O–H groups in total. The third kappa shape index (κ3) is 1.81. The lowest BCUT2D eigenvalue weighted by Gasteiger charge is -2.29. The van der Waals surface area contributed by atoms with Gasteiger partial charge in [-0.25, -0.2) is 4.79 Å². The van der Waals surface area contributed by atoms with Gasteiger partial charge in [-0.1, -0.05) is 30.3 Å². The summed E-state index contributed by atoms with van der Waals surface area (Å²) in [4.78, 5) is 24.5. The summed E-state index contributed by atoms with van der Waals surface area (Å²) in [5.41, 5.74) is 0.953. The quantitative estimate of drug-likeness (QED) is 0.861. The molecular formula is C19H21NO4. The molecule has 0 aromatic heterocycles. The second kappa shape index (κ2) is 4.98. The molecule has 0 aliphatic heterocycles. The molecule has 5 saturated carbocycles. The number of alkyl carbamates (subject to hydrolysis) is 1. The number of carbonyl (C=O) groups excluding carboxylic acids is 2. The average molecular weight is 327 g/mol. The molecule has 5 nitrogen and oxygen atoms in total. The van der Waals surface area contributed by atoms with Crippen LogP contribution in [0.15, 0.2) is 30.3 Å². The van der Waals surface area contributed by atoms with Crippen molar-refractivity contribution in [1.29, 1.82) is 0 Å². The highest BCUT2D eigenvalue weighted by atomic mass is 16.5. The van der Waals surface area contributed by atoms with Gasteiger partial charge in [-0.2, -0.15) is 0 Å². The third-order valence-corrected chi connectivity index (χ3v) is 6.90. The first-order chi connectivity index (χ1) is 11.7. The van der Waals surface area contributed by atoms with Gasteiger partial charge < -0.3 is 14.8 Å². The van der Waals surface area contributed by atoms with Crippen molar-refractivity contribution in [2.24, 2.45) is 41.4 Å². The van der Waals surface area contributed by atoms with E-state index in [1.165, 1.54) is 13.5 Å². The zero-order valence-corrected chi connectivity index (χ0v) is 13.6. The Bertz CT molecular complexity index is 690. The van der Waals surface area contributed by atoms with Crippen LogP contribution in [0, 0.1) is 41.4 Å². The fourth-order valence-electron chi connectivity index (χ4n) is 6.30. The molecule has 0 heterocycles. The van der Waals surface area contributed by atoms with Crippen molar-refractivity contribution in [3.8, 4) is 0 Å². The van der Waals surface area contributed by atoms with Crippen LogP contribution in [0.5, 0.6) is 0 Å². The topological polar surface area (TPSA) is 64.6 Å². The SMILES string of the molecule is COC(=O)C1C(NC(=O)OCc2ccccc2)C2C3CC4C2C4C31. The number of carbonyl (C=O) groups is 2. The Morgan fingerprint density at radius 2 is 1.79 bits per heavy atom. The Balaban J connectivity index is 1.27. The Kier molecular flexibility index (Phi) is 2.97. The highest BCUT2D eigenvalue weighted by Crippen LogP contribution is 2.82. The molecule has 5 fully saturated rings. The second-order valence-electron chi connectivity index (χ2n) is 7.65. The lowest BCUT2D eigenvalue weighted by molar-refractivity contribution is -0.148. The lowest BCUT2D eigenvalue weighted by Crippen LogP contribution is -2.48. The number of rotatable bonds is 4. The van der Waals surface area contributed by atoms with E-state index in [1.807, 2.05) is 30.3 Å². The van der Waals surface area contributed by atoms with E-state index in [9.17, 15) is 9.59 Å². The number of hydrogen-bond acceptors (Lipinski definition) is 4. The van der Waals surface area contributed by atoms with Crippen molar-refractivity contribution >= 4 is 12.1 Å². The summed E-state index contributed by atoms with van der Waals surface area (Å²) in [6.45, 7) is 0.245. The first-order valence-electron chi connectivity index (χ1n) is 8.75. The summed E-state index contributed by atoms with van der Waals surface area (Å²) < 4.78 is 10.4. The predicted molar refractivity (Wildman–Crippen MR) is 84.6 cm³/mol. The fourth-order valence-corrected chi connectivity index (χ4v) is 6.30. The fraction of sp³-hybridized carbons (Fsp3) is 0.579. The Hall–Kier alpha value is -2.04. The van der Waals surface area contributed by atoms with Crippen molar-refractivity contribution in [2.75, 3.05) is 7.11 Å². The molecule has 0 spiro atoms. The van der Waals surface area contributed by atoms with Crippen LogP contribution in [-0.4, -0.2) is 25.2 Å². The molecule has 8 atom stereocenters. The van der Waals surface area contributed by atoms with Gasteiger partial charge in [0.25, 0.3) is 0 Å². The zero-order chi connectivity index (χ0) is 16.4. The highest BCUT2D eigenvalue weighted by molar-refractivity contribution is 5.77. The number of hydrogen-bond donors (Lipinski definition) is 1. The summed E-state index contributed by atoms with van der Waals surface area (Å²) in [5, 5.41) is 3.00. The molecule has 6 bridgehead atoms. The molecule has 6 rings (SSSR count). The molecule has 24 heavy (non-hydrogen) atoms. The standard InChI is InChI=1S/C19H21NO4/c1-23-18(21)16-14-11-7-10-12(14)13(10)15(11)17(16)20-19(22)24-8-9-5-3-2-4-6-9/h2-6,10-17H,7-8H2,1H3,(H,20,22). The minimum absolute atomic E-state index is 0.121. The number of methoxy groups -OCH3 is 1. The number of ether oxygens (including phenoxy) is 2. The summed E-state index contributed by atoms with van der Waals surface area (Å²) >= 11 is 0. The van der Waals surface area contributed by atoms with Crippen molar-refractivity contribution in [3.05, 3.63) is 35.9 Å². The summed E-state index contributed by atoms with van der Waals surface area (Å²) in [7, 11) is 1.44. The van der Waals surface area contributed by atoms with Gasteiger partial charge in [0.2, 0.25) is 0 Å². The molecule has 5 aliphatic rings. The van der Waals surface area contributed by atoms with Crippen molar-refractivity contribution in [2.45, 2.75) is 19.1 Å². The maximum absolute atomic E-state index is 12.3. The first kappa shape index (κ1) is 14.3. The maximum atomic E-state index is 12.3. The summed E-state index contributed by atoms with van der Waals surface area (Å²) in [6, 6.07) is 9.49. The van der Waals surface area contributed by atoms with Gasteiger partial charge in [-0.15, -0.1) is 0 Å². The van der Waals surface area contributed by atoms with Crippen LogP contribution in [0.3, 0.4) is 0 Å². The smallest absolute Gasteiger partial charge is 0.407 e. The van der Waals surface area contributed by atoms with Crippen LogP contribution in [0.2, 0.25) is 0 Å². The normalized spacial score (nSPS) is 42.7. The molecule has 0 radical (unpaired) electrons. The molecule has 1 aromatic rings. The van der Waals surface area contributed by atoms with Gasteiger partial charge in [0.15, 0.2) is 0 Å². The number of amides is 1. The van der Waals surface area contributed by atoms with E-state index in [2.05, 4.69) is 5.32 Å². The van der Waals surface area contributed by atoms with Crippen LogP contribution in [0.1, 0.15) is 12.0 Å².